The number of alkyl halides is 3. The predicted octanol–water partition coefficient (Wildman–Crippen LogP) is 3.89. The van der Waals surface area contributed by atoms with Gasteiger partial charge in [0.15, 0.2) is 0 Å². The van der Waals surface area contributed by atoms with E-state index in [2.05, 4.69) is 19.0 Å². The van der Waals surface area contributed by atoms with E-state index < -0.39 is 21.8 Å². The van der Waals surface area contributed by atoms with Crippen LogP contribution in [0, 0.1) is 0 Å². The first-order valence-electron chi connectivity index (χ1n) is 6.32. The van der Waals surface area contributed by atoms with E-state index in [1.54, 1.807) is 32.2 Å². The van der Waals surface area contributed by atoms with Gasteiger partial charge in [-0.1, -0.05) is 19.0 Å². The Bertz CT molecular complexity index is 773. The van der Waals surface area contributed by atoms with Gasteiger partial charge in [0, 0.05) is 17.1 Å². The molecule has 2 rings (SSSR count). The number of rotatable bonds is 3. The van der Waals surface area contributed by atoms with Crippen LogP contribution in [0.2, 0.25) is 0 Å². The average molecular weight is 333 g/mol. The minimum absolute atomic E-state index is 0.112. The molecule has 9 heteroatoms. The van der Waals surface area contributed by atoms with E-state index in [1.165, 1.54) is 12.1 Å². The summed E-state index contributed by atoms with van der Waals surface area (Å²) < 4.78 is 57.7. The van der Waals surface area contributed by atoms with Crippen LogP contribution >= 0.6 is 0 Å². The molecular weight excluding hydrogens is 319 g/mol. The molecule has 0 saturated carbocycles. The fourth-order valence-electron chi connectivity index (χ4n) is 1.44. The lowest BCUT2D eigenvalue weighted by Crippen LogP contribution is -2.10. The van der Waals surface area contributed by atoms with Gasteiger partial charge >= 0.3 is 12.1 Å². The molecule has 0 bridgehead atoms. The highest BCUT2D eigenvalue weighted by atomic mass is 32.2. The lowest BCUT2D eigenvalue weighted by atomic mass is 10.2. The summed E-state index contributed by atoms with van der Waals surface area (Å²) in [6.07, 6.45) is -3.12. The summed E-state index contributed by atoms with van der Waals surface area (Å²) in [6, 6.07) is 6.09. The topological polar surface area (TPSA) is 68.3 Å². The second-order valence-electron chi connectivity index (χ2n) is 4.97. The maximum absolute atomic E-state index is 12.4. The van der Waals surface area contributed by atoms with Gasteiger partial charge in [-0.2, -0.15) is 22.5 Å². The first kappa shape index (κ1) is 16.5. The Kier molecular flexibility index (Phi) is 4.28. The predicted molar refractivity (Wildman–Crippen MR) is 76.0 cm³/mol. The fourth-order valence-corrected chi connectivity index (χ4v) is 2.19. The lowest BCUT2D eigenvalue weighted by Gasteiger charge is -2.07. The van der Waals surface area contributed by atoms with Crippen molar-refractivity contribution < 1.29 is 21.9 Å². The molecule has 0 saturated heterocycles. The van der Waals surface area contributed by atoms with Gasteiger partial charge in [-0.3, -0.25) is 0 Å². The third-order valence-electron chi connectivity index (χ3n) is 2.96. The van der Waals surface area contributed by atoms with E-state index in [0.717, 1.165) is 0 Å². The average Bonchev–Trinajstić information content (AvgIpc) is 2.88. The Hall–Kier alpha value is -1.90. The fraction of sp³-hybridized carbons (Fsp3) is 0.385. The SMILES string of the molecule is CC(C)S(C)(=O)=Nc1ccc(-c2noc(C(F)(F)F)n2)cc1. The van der Waals surface area contributed by atoms with E-state index in [0.29, 0.717) is 11.3 Å². The van der Waals surface area contributed by atoms with E-state index in [4.69, 9.17) is 0 Å². The molecule has 1 unspecified atom stereocenters. The summed E-state index contributed by atoms with van der Waals surface area (Å²) >= 11 is 0. The van der Waals surface area contributed by atoms with E-state index in [-0.39, 0.29) is 11.1 Å². The molecule has 0 N–H and O–H groups in total. The molecule has 22 heavy (non-hydrogen) atoms. The molecule has 0 spiro atoms. The molecular formula is C13H14F3N3O2S. The normalized spacial score (nSPS) is 14.9. The molecule has 0 aliphatic heterocycles. The number of benzene rings is 1. The minimum Gasteiger partial charge on any atom is -0.329 e. The zero-order valence-electron chi connectivity index (χ0n) is 12.1. The Morgan fingerprint density at radius 2 is 1.82 bits per heavy atom. The monoisotopic (exact) mass is 333 g/mol. The van der Waals surface area contributed by atoms with Crippen molar-refractivity contribution in [3.8, 4) is 11.4 Å². The third kappa shape index (κ3) is 3.65. The maximum Gasteiger partial charge on any atom is 0.471 e. The van der Waals surface area contributed by atoms with Crippen LogP contribution < -0.4 is 0 Å². The van der Waals surface area contributed by atoms with E-state index in [1.807, 2.05) is 0 Å². The molecule has 0 fully saturated rings. The van der Waals surface area contributed by atoms with Crippen molar-refractivity contribution in [2.24, 2.45) is 4.36 Å². The van der Waals surface area contributed by atoms with Crippen molar-refractivity contribution in [1.29, 1.82) is 0 Å². The molecule has 120 valence electrons. The van der Waals surface area contributed by atoms with Crippen LogP contribution in [0.4, 0.5) is 18.9 Å². The van der Waals surface area contributed by atoms with Gasteiger partial charge in [-0.05, 0) is 24.3 Å². The largest absolute Gasteiger partial charge is 0.471 e. The van der Waals surface area contributed by atoms with Crippen LogP contribution in [0.15, 0.2) is 33.2 Å². The molecule has 1 aromatic carbocycles. The van der Waals surface area contributed by atoms with Crippen LogP contribution in [0.5, 0.6) is 0 Å². The number of nitrogens with zero attached hydrogens (tertiary/aromatic N) is 3. The summed E-state index contributed by atoms with van der Waals surface area (Å²) in [5.74, 6) is -1.56. The van der Waals surface area contributed by atoms with Crippen LogP contribution in [-0.2, 0) is 15.9 Å². The van der Waals surface area contributed by atoms with Crippen molar-refractivity contribution in [1.82, 2.24) is 10.1 Å². The summed E-state index contributed by atoms with van der Waals surface area (Å²) in [5, 5.41) is 3.18. The van der Waals surface area contributed by atoms with E-state index in [9.17, 15) is 17.4 Å². The summed E-state index contributed by atoms with van der Waals surface area (Å²) in [5.41, 5.74) is 0.829. The Morgan fingerprint density at radius 1 is 1.23 bits per heavy atom. The van der Waals surface area contributed by atoms with Crippen molar-refractivity contribution in [2.75, 3.05) is 6.26 Å². The quantitative estimate of drug-likeness (QED) is 0.854. The van der Waals surface area contributed by atoms with Crippen LogP contribution in [0.3, 0.4) is 0 Å². The maximum atomic E-state index is 12.4. The second-order valence-corrected chi connectivity index (χ2v) is 7.82. The van der Waals surface area contributed by atoms with Gasteiger partial charge in [-0.25, -0.2) is 4.21 Å². The summed E-state index contributed by atoms with van der Waals surface area (Å²) in [7, 11) is -2.37. The van der Waals surface area contributed by atoms with Crippen LogP contribution in [0.1, 0.15) is 19.7 Å². The molecule has 0 aliphatic rings. The first-order valence-corrected chi connectivity index (χ1v) is 8.30. The smallest absolute Gasteiger partial charge is 0.329 e. The lowest BCUT2D eigenvalue weighted by molar-refractivity contribution is -0.159. The minimum atomic E-state index is -4.68. The molecule has 0 amide bonds. The van der Waals surface area contributed by atoms with Crippen LogP contribution in [0.25, 0.3) is 11.4 Å². The van der Waals surface area contributed by atoms with Gasteiger partial charge in [0.05, 0.1) is 15.4 Å². The molecule has 5 nitrogen and oxygen atoms in total. The van der Waals surface area contributed by atoms with Gasteiger partial charge in [0.2, 0.25) is 5.82 Å². The summed E-state index contributed by atoms with van der Waals surface area (Å²) in [4.78, 5) is 3.29. The van der Waals surface area contributed by atoms with E-state index >= 15 is 0 Å². The van der Waals surface area contributed by atoms with Crippen molar-refractivity contribution in [3.63, 3.8) is 0 Å². The number of hydrogen-bond acceptors (Lipinski definition) is 5. The van der Waals surface area contributed by atoms with Crippen molar-refractivity contribution in [3.05, 3.63) is 30.2 Å². The highest BCUT2D eigenvalue weighted by molar-refractivity contribution is 7.93. The third-order valence-corrected chi connectivity index (χ3v) is 5.28. The molecule has 1 heterocycles. The van der Waals surface area contributed by atoms with Crippen molar-refractivity contribution in [2.45, 2.75) is 25.3 Å². The highest BCUT2D eigenvalue weighted by Gasteiger charge is 2.38. The number of halogens is 3. The molecule has 0 aliphatic carbocycles. The van der Waals surface area contributed by atoms with Gasteiger partial charge in [0.25, 0.3) is 0 Å². The highest BCUT2D eigenvalue weighted by Crippen LogP contribution is 2.29. The van der Waals surface area contributed by atoms with Gasteiger partial charge in [0.1, 0.15) is 0 Å². The first-order chi connectivity index (χ1) is 10.1. The molecule has 1 aromatic heterocycles. The number of aromatic nitrogens is 2. The van der Waals surface area contributed by atoms with Crippen LogP contribution in [-0.4, -0.2) is 25.9 Å². The number of hydrogen-bond donors (Lipinski definition) is 0. The zero-order chi connectivity index (χ0) is 16.5. The van der Waals surface area contributed by atoms with Gasteiger partial charge in [-0.15, -0.1) is 0 Å². The standard InChI is InChI=1S/C13H14F3N3O2S/c1-8(2)22(3,20)19-10-6-4-9(5-7-10)11-17-12(21-18-11)13(14,15)16/h4-8H,1-3H3. The second kappa shape index (κ2) is 5.71. The van der Waals surface area contributed by atoms with Crippen molar-refractivity contribution >= 4 is 15.4 Å². The molecule has 1 atom stereocenters. The Morgan fingerprint density at radius 3 is 2.27 bits per heavy atom. The molecule has 2 aromatic rings. The Balaban J connectivity index is 2.30. The summed E-state index contributed by atoms with van der Waals surface area (Å²) in [6.45, 7) is 3.61. The Labute approximate surface area is 125 Å². The van der Waals surface area contributed by atoms with Gasteiger partial charge < -0.3 is 4.52 Å². The molecule has 0 radical (unpaired) electrons. The zero-order valence-corrected chi connectivity index (χ0v) is 12.9.